The van der Waals surface area contributed by atoms with Crippen molar-refractivity contribution >= 4 is 12.6 Å². The van der Waals surface area contributed by atoms with Gasteiger partial charge in [-0.05, 0) is 18.2 Å². The fourth-order valence-electron chi connectivity index (χ4n) is 0.322. The van der Waals surface area contributed by atoms with Crippen molar-refractivity contribution in [2.75, 3.05) is 6.54 Å². The van der Waals surface area contributed by atoms with Crippen LogP contribution in [-0.4, -0.2) is 6.54 Å². The Balaban J connectivity index is 3.26. The minimum atomic E-state index is 0.976. The van der Waals surface area contributed by atoms with Crippen molar-refractivity contribution in [1.29, 1.82) is 0 Å². The molecule has 0 amide bonds. The summed E-state index contributed by atoms with van der Waals surface area (Å²) in [6.45, 7) is 5.12. The van der Waals surface area contributed by atoms with Crippen LogP contribution in [0.1, 0.15) is 20.3 Å². The molecule has 2 heteroatoms. The Morgan fingerprint density at radius 3 is 2.62 bits per heavy atom. The molecule has 0 fully saturated rings. The average molecular weight is 131 g/mol. The fourth-order valence-corrected chi connectivity index (χ4v) is 0.413. The van der Waals surface area contributed by atoms with Crippen molar-refractivity contribution in [2.45, 2.75) is 20.3 Å². The van der Waals surface area contributed by atoms with Crippen LogP contribution in [0.4, 0.5) is 0 Å². The van der Waals surface area contributed by atoms with Crippen LogP contribution in [0.25, 0.3) is 0 Å². The van der Waals surface area contributed by atoms with Crippen LogP contribution in [0, 0.1) is 0 Å². The van der Waals surface area contributed by atoms with Crippen LogP contribution >= 0.6 is 12.6 Å². The summed E-state index contributed by atoms with van der Waals surface area (Å²) in [4.78, 5) is 1.10. The van der Waals surface area contributed by atoms with E-state index in [1.54, 1.807) is 0 Å². The highest BCUT2D eigenvalue weighted by Crippen LogP contribution is 2.01. The molecule has 0 aromatic heterocycles. The topological polar surface area (TPSA) is 12.0 Å². The van der Waals surface area contributed by atoms with Crippen molar-refractivity contribution in [3.05, 3.63) is 11.1 Å². The lowest BCUT2D eigenvalue weighted by Gasteiger charge is -1.94. The van der Waals surface area contributed by atoms with Gasteiger partial charge in [0, 0.05) is 12.7 Å². The standard InChI is InChI=1S/C6H13NS/c1-3-6(8)5-7-4-2/h5,7-8H,3-4H2,1-2H3/b6-5+. The molecule has 1 nitrogen and oxygen atoms in total. The van der Waals surface area contributed by atoms with Gasteiger partial charge in [0.2, 0.25) is 0 Å². The third kappa shape index (κ3) is 4.06. The normalized spacial score (nSPS) is 11.6. The maximum Gasteiger partial charge on any atom is 0.0113 e. The summed E-state index contributed by atoms with van der Waals surface area (Å²) in [5.41, 5.74) is 0. The van der Waals surface area contributed by atoms with E-state index in [4.69, 9.17) is 0 Å². The van der Waals surface area contributed by atoms with Gasteiger partial charge in [0.15, 0.2) is 0 Å². The van der Waals surface area contributed by atoms with Crippen molar-refractivity contribution < 1.29 is 0 Å². The summed E-state index contributed by atoms with van der Waals surface area (Å²) < 4.78 is 0. The molecule has 0 aliphatic heterocycles. The first-order chi connectivity index (χ1) is 3.81. The van der Waals surface area contributed by atoms with Gasteiger partial charge in [-0.25, -0.2) is 0 Å². The van der Waals surface area contributed by atoms with E-state index in [0.717, 1.165) is 17.9 Å². The van der Waals surface area contributed by atoms with E-state index in [2.05, 4.69) is 31.8 Å². The predicted molar refractivity (Wildman–Crippen MR) is 41.0 cm³/mol. The largest absolute Gasteiger partial charge is 0.391 e. The highest BCUT2D eigenvalue weighted by Gasteiger charge is 1.79. The Morgan fingerprint density at radius 1 is 1.62 bits per heavy atom. The molecule has 48 valence electrons. The third-order valence-corrected chi connectivity index (χ3v) is 1.28. The van der Waals surface area contributed by atoms with Crippen LogP contribution in [0.15, 0.2) is 11.1 Å². The van der Waals surface area contributed by atoms with Gasteiger partial charge in [-0.2, -0.15) is 0 Å². The van der Waals surface area contributed by atoms with Gasteiger partial charge in [-0.1, -0.05) is 6.92 Å². The van der Waals surface area contributed by atoms with E-state index in [1.165, 1.54) is 0 Å². The molecule has 0 aromatic carbocycles. The molecule has 0 spiro atoms. The third-order valence-electron chi connectivity index (χ3n) is 0.835. The molecule has 0 atom stereocenters. The molecule has 0 radical (unpaired) electrons. The predicted octanol–water partition coefficient (Wildman–Crippen LogP) is 1.78. The lowest BCUT2D eigenvalue weighted by atomic mass is 10.4. The maximum atomic E-state index is 4.16. The fraction of sp³-hybridized carbons (Fsp3) is 0.667. The molecular weight excluding hydrogens is 118 g/mol. The lowest BCUT2D eigenvalue weighted by molar-refractivity contribution is 0.909. The Labute approximate surface area is 56.6 Å². The maximum absolute atomic E-state index is 4.16. The minimum Gasteiger partial charge on any atom is -0.391 e. The van der Waals surface area contributed by atoms with Gasteiger partial charge in [0.1, 0.15) is 0 Å². The molecule has 0 saturated carbocycles. The SMILES string of the molecule is CCN/C=C(/S)CC. The quantitative estimate of drug-likeness (QED) is 0.556. The Hall–Kier alpha value is -0.110. The van der Waals surface area contributed by atoms with Crippen molar-refractivity contribution in [3.63, 3.8) is 0 Å². The van der Waals surface area contributed by atoms with Crippen LogP contribution in [0.5, 0.6) is 0 Å². The monoisotopic (exact) mass is 131 g/mol. The molecular formula is C6H13NS. The van der Waals surface area contributed by atoms with Gasteiger partial charge < -0.3 is 5.32 Å². The zero-order valence-electron chi connectivity index (χ0n) is 5.44. The smallest absolute Gasteiger partial charge is 0.0113 e. The number of hydrogen-bond acceptors (Lipinski definition) is 2. The molecule has 0 heterocycles. The molecule has 0 unspecified atom stereocenters. The van der Waals surface area contributed by atoms with Gasteiger partial charge in [0.05, 0.1) is 0 Å². The highest BCUT2D eigenvalue weighted by atomic mass is 32.1. The summed E-state index contributed by atoms with van der Waals surface area (Å²) in [6, 6.07) is 0. The lowest BCUT2D eigenvalue weighted by Crippen LogP contribution is -2.02. The van der Waals surface area contributed by atoms with E-state index < -0.39 is 0 Å². The number of thiol groups is 1. The molecule has 1 N–H and O–H groups in total. The van der Waals surface area contributed by atoms with Crippen LogP contribution < -0.4 is 5.32 Å². The first kappa shape index (κ1) is 7.89. The van der Waals surface area contributed by atoms with E-state index in [0.29, 0.717) is 0 Å². The summed E-state index contributed by atoms with van der Waals surface area (Å²) in [5.74, 6) is 0. The zero-order valence-corrected chi connectivity index (χ0v) is 6.33. The molecule has 0 aliphatic carbocycles. The molecule has 8 heavy (non-hydrogen) atoms. The van der Waals surface area contributed by atoms with E-state index in [9.17, 15) is 0 Å². The Bertz CT molecular complexity index is 78.6. The van der Waals surface area contributed by atoms with Crippen LogP contribution in [0.2, 0.25) is 0 Å². The van der Waals surface area contributed by atoms with Crippen molar-refractivity contribution in [1.82, 2.24) is 5.32 Å². The average Bonchev–Trinajstić information content (AvgIpc) is 1.83. The van der Waals surface area contributed by atoms with Gasteiger partial charge in [-0.15, -0.1) is 12.6 Å². The summed E-state index contributed by atoms with van der Waals surface area (Å²) >= 11 is 4.16. The zero-order chi connectivity index (χ0) is 6.41. The molecule has 0 aromatic rings. The number of hydrogen-bond donors (Lipinski definition) is 2. The number of rotatable bonds is 3. The van der Waals surface area contributed by atoms with Crippen LogP contribution in [-0.2, 0) is 0 Å². The Morgan fingerprint density at radius 2 is 2.25 bits per heavy atom. The summed E-state index contributed by atoms with van der Waals surface area (Å²) in [7, 11) is 0. The Kier molecular flexibility index (Phi) is 4.97. The van der Waals surface area contributed by atoms with E-state index in [1.807, 2.05) is 6.20 Å². The minimum absolute atomic E-state index is 0.976. The second-order valence-electron chi connectivity index (χ2n) is 1.55. The molecule has 0 rings (SSSR count). The summed E-state index contributed by atoms with van der Waals surface area (Å²) in [5, 5.41) is 3.06. The number of allylic oxidation sites excluding steroid dienone is 1. The van der Waals surface area contributed by atoms with Gasteiger partial charge in [0.25, 0.3) is 0 Å². The number of nitrogens with one attached hydrogen (secondary N) is 1. The first-order valence-corrected chi connectivity index (χ1v) is 3.37. The second-order valence-corrected chi connectivity index (χ2v) is 2.12. The van der Waals surface area contributed by atoms with Crippen LogP contribution in [0.3, 0.4) is 0 Å². The molecule has 0 bridgehead atoms. The summed E-state index contributed by atoms with van der Waals surface area (Å²) in [6.07, 6.45) is 2.94. The van der Waals surface area contributed by atoms with Gasteiger partial charge in [-0.3, -0.25) is 0 Å². The van der Waals surface area contributed by atoms with Gasteiger partial charge >= 0.3 is 0 Å². The molecule has 0 aliphatic rings. The highest BCUT2D eigenvalue weighted by molar-refractivity contribution is 7.84. The van der Waals surface area contributed by atoms with E-state index in [-0.39, 0.29) is 0 Å². The van der Waals surface area contributed by atoms with E-state index >= 15 is 0 Å². The van der Waals surface area contributed by atoms with Crippen molar-refractivity contribution in [2.24, 2.45) is 0 Å². The van der Waals surface area contributed by atoms with Crippen molar-refractivity contribution in [3.8, 4) is 0 Å². The first-order valence-electron chi connectivity index (χ1n) is 2.92. The second kappa shape index (κ2) is 5.04. The molecule has 0 saturated heterocycles.